The van der Waals surface area contributed by atoms with Crippen LogP contribution in [0.4, 0.5) is 4.39 Å². The summed E-state index contributed by atoms with van der Waals surface area (Å²) in [6.45, 7) is 3.69. The molecule has 2 N–H and O–H groups in total. The lowest BCUT2D eigenvalue weighted by atomic mass is 9.72. The third-order valence-electron chi connectivity index (χ3n) is 5.82. The van der Waals surface area contributed by atoms with Crippen LogP contribution in [-0.2, 0) is 11.2 Å². The predicted molar refractivity (Wildman–Crippen MR) is 115 cm³/mol. The van der Waals surface area contributed by atoms with E-state index in [1.54, 1.807) is 24.3 Å². The maximum absolute atomic E-state index is 14.5. The van der Waals surface area contributed by atoms with Crippen LogP contribution in [0.1, 0.15) is 46.8 Å². The Morgan fingerprint density at radius 1 is 1.26 bits per heavy atom. The fraction of sp³-hybridized carbons (Fsp3) is 0.333. The van der Waals surface area contributed by atoms with Gasteiger partial charge in [-0.25, -0.2) is 9.18 Å². The molecule has 1 unspecified atom stereocenters. The second kappa shape index (κ2) is 9.20. The van der Waals surface area contributed by atoms with E-state index in [4.69, 9.17) is 16.3 Å². The molecule has 2 aromatic rings. The van der Waals surface area contributed by atoms with Crippen LogP contribution in [0.15, 0.2) is 42.0 Å². The molecule has 7 heteroatoms. The highest BCUT2D eigenvalue weighted by atomic mass is 35.5. The van der Waals surface area contributed by atoms with E-state index in [9.17, 15) is 24.2 Å². The minimum atomic E-state index is -1.32. The van der Waals surface area contributed by atoms with Gasteiger partial charge in [-0.05, 0) is 46.7 Å². The van der Waals surface area contributed by atoms with E-state index < -0.39 is 23.5 Å². The van der Waals surface area contributed by atoms with Crippen LogP contribution in [0.3, 0.4) is 0 Å². The first kappa shape index (κ1) is 23.0. The fourth-order valence-corrected chi connectivity index (χ4v) is 4.28. The van der Waals surface area contributed by atoms with Crippen molar-refractivity contribution in [2.24, 2.45) is 11.8 Å². The van der Waals surface area contributed by atoms with Gasteiger partial charge in [0.1, 0.15) is 17.1 Å². The van der Waals surface area contributed by atoms with E-state index in [-0.39, 0.29) is 41.0 Å². The van der Waals surface area contributed by atoms with Crippen molar-refractivity contribution in [3.05, 3.63) is 75.1 Å². The van der Waals surface area contributed by atoms with E-state index in [0.29, 0.717) is 22.4 Å². The highest BCUT2D eigenvalue weighted by Crippen LogP contribution is 2.41. The Labute approximate surface area is 185 Å². The second-order valence-corrected chi connectivity index (χ2v) is 8.38. The molecule has 0 aliphatic heterocycles. The summed E-state index contributed by atoms with van der Waals surface area (Å²) >= 11 is 5.89. The number of carboxylic acid groups (broad SMARTS) is 1. The first-order valence-electron chi connectivity index (χ1n) is 9.93. The van der Waals surface area contributed by atoms with Gasteiger partial charge in [0.25, 0.3) is 0 Å². The zero-order valence-corrected chi connectivity index (χ0v) is 18.2. The van der Waals surface area contributed by atoms with E-state index in [2.05, 4.69) is 0 Å². The van der Waals surface area contributed by atoms with Gasteiger partial charge >= 0.3 is 5.97 Å². The van der Waals surface area contributed by atoms with Crippen LogP contribution < -0.4 is 4.74 Å². The number of hydrogen-bond acceptors (Lipinski definition) is 4. The number of ketones is 1. The van der Waals surface area contributed by atoms with Crippen LogP contribution in [0, 0.1) is 17.7 Å². The van der Waals surface area contributed by atoms with Gasteiger partial charge < -0.3 is 14.9 Å². The number of methoxy groups -OCH3 is 1. The molecular formula is C24H24ClFO5. The van der Waals surface area contributed by atoms with E-state index in [1.165, 1.54) is 19.3 Å². The summed E-state index contributed by atoms with van der Waals surface area (Å²) in [5.74, 6) is -2.78. The predicted octanol–water partition coefficient (Wildman–Crippen LogP) is 4.63. The average Bonchev–Trinajstić information content (AvgIpc) is 2.72. The number of allylic oxidation sites excluding steroid dienone is 1. The molecule has 0 saturated heterocycles. The van der Waals surface area contributed by atoms with Gasteiger partial charge in [-0.1, -0.05) is 43.7 Å². The number of carbonyl (C=O) groups is 2. The molecule has 0 bridgehead atoms. The van der Waals surface area contributed by atoms with Crippen molar-refractivity contribution in [2.45, 2.75) is 26.2 Å². The number of benzene rings is 2. The third kappa shape index (κ3) is 4.36. The highest BCUT2D eigenvalue weighted by molar-refractivity contribution is 6.30. The lowest BCUT2D eigenvalue weighted by molar-refractivity contribution is -0.132. The number of carboxylic acids is 1. The molecule has 2 aromatic carbocycles. The first-order chi connectivity index (χ1) is 14.7. The van der Waals surface area contributed by atoms with Gasteiger partial charge in [0.15, 0.2) is 5.78 Å². The van der Waals surface area contributed by atoms with Gasteiger partial charge in [0, 0.05) is 24.5 Å². The Morgan fingerprint density at radius 2 is 1.97 bits per heavy atom. The Balaban J connectivity index is 2.18. The van der Waals surface area contributed by atoms with Crippen molar-refractivity contribution in [2.75, 3.05) is 13.7 Å². The summed E-state index contributed by atoms with van der Waals surface area (Å²) in [6, 6.07) is 7.92. The number of rotatable bonds is 7. The fourth-order valence-electron chi connectivity index (χ4n) is 4.08. The summed E-state index contributed by atoms with van der Waals surface area (Å²) in [6.07, 6.45) is 1.53. The number of fused-ring (bicyclic) bond motifs is 1. The minimum Gasteiger partial charge on any atom is -0.496 e. The molecule has 164 valence electrons. The smallest absolute Gasteiger partial charge is 0.339 e. The van der Waals surface area contributed by atoms with Crippen LogP contribution >= 0.6 is 11.6 Å². The Kier molecular flexibility index (Phi) is 6.82. The number of aliphatic carboxylic acids is 1. The van der Waals surface area contributed by atoms with Crippen LogP contribution in [0.2, 0.25) is 5.02 Å². The van der Waals surface area contributed by atoms with Gasteiger partial charge in [0.05, 0.1) is 12.1 Å². The maximum Gasteiger partial charge on any atom is 0.339 e. The molecule has 1 aliphatic rings. The second-order valence-electron chi connectivity index (χ2n) is 7.97. The van der Waals surface area contributed by atoms with Gasteiger partial charge in [0.2, 0.25) is 0 Å². The van der Waals surface area contributed by atoms with Crippen molar-refractivity contribution in [1.82, 2.24) is 0 Å². The summed E-state index contributed by atoms with van der Waals surface area (Å²) in [4.78, 5) is 24.7. The number of Topliss-reactive ketones (excluding diaryl/α,β-unsaturated/α-hetero) is 1. The minimum absolute atomic E-state index is 0.00983. The van der Waals surface area contributed by atoms with E-state index in [0.717, 1.165) is 0 Å². The monoisotopic (exact) mass is 446 g/mol. The number of ether oxygens (including phenoxy) is 1. The van der Waals surface area contributed by atoms with Crippen molar-refractivity contribution < 1.29 is 28.9 Å². The lowest BCUT2D eigenvalue weighted by Gasteiger charge is -2.32. The van der Waals surface area contributed by atoms with Gasteiger partial charge in [-0.2, -0.15) is 0 Å². The summed E-state index contributed by atoms with van der Waals surface area (Å²) < 4.78 is 20.0. The Morgan fingerprint density at radius 3 is 2.55 bits per heavy atom. The maximum atomic E-state index is 14.5. The summed E-state index contributed by atoms with van der Waals surface area (Å²) in [5.41, 5.74) is 1.35. The number of carbonyl (C=O) groups excluding carboxylic acids is 1. The lowest BCUT2D eigenvalue weighted by Crippen LogP contribution is -2.29. The highest BCUT2D eigenvalue weighted by Gasteiger charge is 2.36. The molecule has 31 heavy (non-hydrogen) atoms. The molecule has 0 spiro atoms. The molecule has 1 aliphatic carbocycles. The van der Waals surface area contributed by atoms with Crippen molar-refractivity contribution in [3.8, 4) is 5.75 Å². The molecule has 0 saturated carbocycles. The first-order valence-corrected chi connectivity index (χ1v) is 10.3. The topological polar surface area (TPSA) is 83.8 Å². The number of halogens is 2. The summed E-state index contributed by atoms with van der Waals surface area (Å²) in [5, 5.41) is 19.5. The van der Waals surface area contributed by atoms with Gasteiger partial charge in [-0.3, -0.25) is 4.79 Å². The number of aliphatic hydroxyl groups is 1. The molecule has 2 atom stereocenters. The van der Waals surface area contributed by atoms with Gasteiger partial charge in [-0.15, -0.1) is 0 Å². The Hall–Kier alpha value is -2.70. The molecule has 0 amide bonds. The quantitative estimate of drug-likeness (QED) is 0.605. The largest absolute Gasteiger partial charge is 0.496 e. The molecule has 5 nitrogen and oxygen atoms in total. The van der Waals surface area contributed by atoms with E-state index in [1.807, 2.05) is 13.8 Å². The molecular weight excluding hydrogens is 423 g/mol. The van der Waals surface area contributed by atoms with Crippen molar-refractivity contribution in [3.63, 3.8) is 0 Å². The SMILES string of the molecule is COc1cc2c(cc1Cc1cccc(Cl)c1F)C(=O)C(C(=O)O)=CC2[C@H](CO)C(C)C. The normalized spacial score (nSPS) is 16.7. The van der Waals surface area contributed by atoms with Crippen LogP contribution in [0.5, 0.6) is 5.75 Å². The standard InChI is InChI=1S/C24H24ClFO5/c1-12(2)19(11-27)15-9-18(24(29)30)23(28)17-8-14(21(31-3)10-16(15)17)7-13-5-4-6-20(25)22(13)26/h4-6,8-10,12,15,19,27H,7,11H2,1-3H3,(H,29,30)/t15?,19-/m1/s1. The molecule has 0 heterocycles. The molecule has 0 radical (unpaired) electrons. The van der Waals surface area contributed by atoms with E-state index >= 15 is 0 Å². The zero-order chi connectivity index (χ0) is 22.9. The van der Waals surface area contributed by atoms with Crippen LogP contribution in [0.25, 0.3) is 0 Å². The summed E-state index contributed by atoms with van der Waals surface area (Å²) in [7, 11) is 1.48. The number of aliphatic hydroxyl groups excluding tert-OH is 1. The molecule has 3 rings (SSSR count). The van der Waals surface area contributed by atoms with Crippen LogP contribution in [-0.4, -0.2) is 35.7 Å². The molecule has 0 aromatic heterocycles. The Bertz CT molecular complexity index is 1060. The molecule has 0 fully saturated rings. The average molecular weight is 447 g/mol. The zero-order valence-electron chi connectivity index (χ0n) is 17.5. The van der Waals surface area contributed by atoms with Crippen molar-refractivity contribution in [1.29, 1.82) is 0 Å². The number of hydrogen-bond donors (Lipinski definition) is 2. The third-order valence-corrected chi connectivity index (χ3v) is 6.11. The van der Waals surface area contributed by atoms with Crippen molar-refractivity contribution >= 4 is 23.4 Å².